The topological polar surface area (TPSA) is 222 Å². The number of fused-ring (bicyclic) bond motifs is 3. The van der Waals surface area contributed by atoms with Crippen LogP contribution >= 0.6 is 0 Å². The SMILES string of the molecule is CO[C@H]1C[C@@H]2CC[C@@H](C)[C@@](O)(O2)C(=O)C(=O)N2CCCC[C@H]2C(=O)O[C@H]([C@H](C)C[C@@H]2CC[C@@H](OC3(CC(=O)O)CCCCCCCCCCCCC3)[C@H](OC)C2)CC(=O)[C@H](C)/C=C(\C)[C@@H](O)[C@@H](OC)C(=O)[C@H](C)C[C@H](C)/C=C/C=CC=C1C. The first-order valence-electron chi connectivity index (χ1n) is 31.9. The normalized spacial score (nSPS) is 36.1. The summed E-state index contributed by atoms with van der Waals surface area (Å²) in [5, 5.41) is 34.1. The lowest BCUT2D eigenvalue weighted by molar-refractivity contribution is -0.265. The van der Waals surface area contributed by atoms with Crippen LogP contribution < -0.4 is 0 Å². The van der Waals surface area contributed by atoms with Crippen LogP contribution in [-0.2, 0) is 57.2 Å². The average Bonchev–Trinajstić information content (AvgIpc) is 3.46. The molecule has 0 aromatic carbocycles. The molecule has 5 aliphatic rings. The number of carboxylic acids is 1. The zero-order valence-electron chi connectivity index (χ0n) is 52.3. The van der Waals surface area contributed by atoms with E-state index in [-0.39, 0.29) is 61.4 Å². The molecular weight excluding hydrogens is 1060 g/mol. The Morgan fingerprint density at radius 1 is 0.747 bits per heavy atom. The van der Waals surface area contributed by atoms with Crippen molar-refractivity contribution in [2.45, 2.75) is 276 Å². The maximum Gasteiger partial charge on any atom is 0.329 e. The van der Waals surface area contributed by atoms with E-state index in [9.17, 15) is 44.1 Å². The zero-order valence-corrected chi connectivity index (χ0v) is 52.3. The Morgan fingerprint density at radius 2 is 1.40 bits per heavy atom. The number of rotatable bonds is 10. The number of methoxy groups -OCH3 is 3. The maximum absolute atomic E-state index is 14.8. The molecule has 2 bridgehead atoms. The first-order chi connectivity index (χ1) is 39.6. The van der Waals surface area contributed by atoms with E-state index in [1.807, 2.05) is 58.1 Å². The minimum absolute atomic E-state index is 0.00194. The van der Waals surface area contributed by atoms with Gasteiger partial charge in [0.25, 0.3) is 11.7 Å². The molecular formula is C67H107NO15. The Kier molecular flexibility index (Phi) is 29.0. The van der Waals surface area contributed by atoms with Gasteiger partial charge in [0.1, 0.15) is 30.1 Å². The molecule has 0 spiro atoms. The number of carboxylic acid groups (broad SMARTS) is 1. The smallest absolute Gasteiger partial charge is 0.329 e. The first-order valence-corrected chi connectivity index (χ1v) is 31.9. The number of piperidine rings is 1. The van der Waals surface area contributed by atoms with Gasteiger partial charge in [0.15, 0.2) is 5.78 Å². The second-order valence-electron chi connectivity index (χ2n) is 25.8. The van der Waals surface area contributed by atoms with Gasteiger partial charge in [-0.25, -0.2) is 4.79 Å². The number of ether oxygens (including phenoxy) is 6. The molecule has 3 N–H and O–H groups in total. The number of aliphatic carboxylic acids is 1. The van der Waals surface area contributed by atoms with Crippen LogP contribution in [0.25, 0.3) is 0 Å². The van der Waals surface area contributed by atoms with Crippen LogP contribution in [0.4, 0.5) is 0 Å². The Bertz CT molecular complexity index is 2210. The number of hydrogen-bond donors (Lipinski definition) is 3. The summed E-state index contributed by atoms with van der Waals surface area (Å²) in [5.41, 5.74) is 0.446. The number of amides is 1. The molecule has 2 aliphatic carbocycles. The van der Waals surface area contributed by atoms with Crippen molar-refractivity contribution in [2.75, 3.05) is 27.9 Å². The summed E-state index contributed by atoms with van der Waals surface area (Å²) in [7, 11) is 4.63. The Balaban J connectivity index is 1.44. The lowest BCUT2D eigenvalue weighted by atomic mass is 9.77. The molecule has 5 rings (SSSR count). The highest BCUT2D eigenvalue weighted by Crippen LogP contribution is 2.41. The van der Waals surface area contributed by atoms with Crippen molar-refractivity contribution in [1.82, 2.24) is 4.90 Å². The molecule has 470 valence electrons. The number of carbonyl (C=O) groups excluding carboxylic acids is 5. The molecule has 0 unspecified atom stereocenters. The molecule has 83 heavy (non-hydrogen) atoms. The lowest BCUT2D eigenvalue weighted by Crippen LogP contribution is -2.61. The van der Waals surface area contributed by atoms with Crippen molar-refractivity contribution in [3.8, 4) is 0 Å². The predicted octanol–water partition coefficient (Wildman–Crippen LogP) is 11.5. The van der Waals surface area contributed by atoms with E-state index in [0.717, 1.165) is 50.5 Å². The molecule has 16 heteroatoms. The summed E-state index contributed by atoms with van der Waals surface area (Å²) < 4.78 is 37.5. The average molecular weight is 1170 g/mol. The van der Waals surface area contributed by atoms with Gasteiger partial charge in [-0.05, 0) is 120 Å². The van der Waals surface area contributed by atoms with Gasteiger partial charge < -0.3 is 48.6 Å². The summed E-state index contributed by atoms with van der Waals surface area (Å²) >= 11 is 0. The number of nitrogens with zero attached hydrogens (tertiary/aromatic N) is 1. The Morgan fingerprint density at radius 3 is 2.01 bits per heavy atom. The van der Waals surface area contributed by atoms with Crippen LogP contribution in [0.1, 0.15) is 215 Å². The molecule has 1 amide bonds. The number of ketones is 3. The van der Waals surface area contributed by atoms with E-state index < -0.39 is 95.3 Å². The Labute approximate surface area is 497 Å². The highest BCUT2D eigenvalue weighted by Gasteiger charge is 2.53. The minimum Gasteiger partial charge on any atom is -0.481 e. The van der Waals surface area contributed by atoms with E-state index in [1.54, 1.807) is 41.1 Å². The summed E-state index contributed by atoms with van der Waals surface area (Å²) in [6, 6.07) is -1.18. The molecule has 2 saturated heterocycles. The van der Waals surface area contributed by atoms with Crippen molar-refractivity contribution in [1.29, 1.82) is 0 Å². The summed E-state index contributed by atoms with van der Waals surface area (Å²) in [5.74, 6) is -9.11. The van der Waals surface area contributed by atoms with E-state index in [0.29, 0.717) is 76.2 Å². The van der Waals surface area contributed by atoms with Gasteiger partial charge in [-0.3, -0.25) is 24.0 Å². The van der Waals surface area contributed by atoms with Crippen molar-refractivity contribution >= 4 is 35.2 Å². The molecule has 0 radical (unpaired) electrons. The monoisotopic (exact) mass is 1170 g/mol. The highest BCUT2D eigenvalue weighted by molar-refractivity contribution is 6.39. The van der Waals surface area contributed by atoms with Crippen LogP contribution in [0, 0.1) is 35.5 Å². The maximum atomic E-state index is 14.8. The van der Waals surface area contributed by atoms with Crippen molar-refractivity contribution in [2.24, 2.45) is 35.5 Å². The number of esters is 1. The molecule has 4 fully saturated rings. The summed E-state index contributed by atoms with van der Waals surface area (Å²) in [6.07, 6.45) is 24.9. The number of aliphatic hydroxyl groups excluding tert-OH is 1. The fraction of sp³-hybridized carbons (Fsp3) is 0.791. The first kappa shape index (κ1) is 69.9. The van der Waals surface area contributed by atoms with Crippen LogP contribution in [0.3, 0.4) is 0 Å². The molecule has 2 saturated carbocycles. The third kappa shape index (κ3) is 20.6. The van der Waals surface area contributed by atoms with Gasteiger partial charge in [0.2, 0.25) is 5.79 Å². The number of cyclic esters (lactones) is 1. The van der Waals surface area contributed by atoms with E-state index in [1.165, 1.54) is 44.1 Å². The fourth-order valence-electron chi connectivity index (χ4n) is 13.8. The summed E-state index contributed by atoms with van der Waals surface area (Å²) in [4.78, 5) is 86.0. The molecule has 0 aromatic heterocycles. The standard InChI is InChI=1S/C67H107NO15/c1-44-27-21-20-22-28-45(2)56(78-8)41-52-32-30-50(7)67(77,82-52)63(74)64(75)68-36-26-23-29-53(68)65(76)81-57(42-54(69)46(3)38-49(6)61(73)62(80-10)60(72)48(5)37-44)47(4)39-51-31-33-55(58(40-51)79-9)83-66(43-59(70)71)34-24-18-16-14-12-11-13-15-17-19-25-35-66/h20-22,27-28,38,44,46-48,50-53,55-58,61-62,73,77H,11-19,23-26,29-37,39-43H2,1-10H3,(H,70,71)/b22-20?,27-21+,45-28?,49-38+/t44-,46-,47-,48-,50-,51+,52+,53+,55-,56+,57+,58-,61-,62+,67-/m1/s1. The largest absolute Gasteiger partial charge is 0.481 e. The summed E-state index contributed by atoms with van der Waals surface area (Å²) in [6.45, 7) is 12.8. The van der Waals surface area contributed by atoms with Crippen LogP contribution in [0.15, 0.2) is 47.6 Å². The van der Waals surface area contributed by atoms with Gasteiger partial charge in [-0.15, -0.1) is 0 Å². The zero-order chi connectivity index (χ0) is 60.9. The van der Waals surface area contributed by atoms with E-state index >= 15 is 0 Å². The van der Waals surface area contributed by atoms with E-state index in [2.05, 4.69) is 0 Å². The third-order valence-corrected chi connectivity index (χ3v) is 19.1. The number of aliphatic hydroxyl groups is 2. The van der Waals surface area contributed by atoms with Gasteiger partial charge in [-0.1, -0.05) is 142 Å². The van der Waals surface area contributed by atoms with Gasteiger partial charge >= 0.3 is 11.9 Å². The minimum atomic E-state index is -2.46. The quantitative estimate of drug-likeness (QED) is 0.105. The number of carbonyl (C=O) groups is 6. The van der Waals surface area contributed by atoms with Crippen LogP contribution in [0.5, 0.6) is 0 Å². The molecule has 3 heterocycles. The Hall–Kier alpha value is -3.90. The third-order valence-electron chi connectivity index (χ3n) is 19.1. The second kappa shape index (κ2) is 34.4. The van der Waals surface area contributed by atoms with Gasteiger partial charge in [0.05, 0.1) is 36.4 Å². The second-order valence-corrected chi connectivity index (χ2v) is 25.8. The molecule has 16 nitrogen and oxygen atoms in total. The van der Waals surface area contributed by atoms with Crippen molar-refractivity contribution in [3.63, 3.8) is 0 Å². The van der Waals surface area contributed by atoms with Crippen molar-refractivity contribution < 1.29 is 72.5 Å². The predicted molar refractivity (Wildman–Crippen MR) is 319 cm³/mol. The van der Waals surface area contributed by atoms with Gasteiger partial charge in [0, 0.05) is 58.5 Å². The number of allylic oxidation sites excluding steroid dienone is 6. The highest BCUT2D eigenvalue weighted by atomic mass is 16.6. The van der Waals surface area contributed by atoms with Crippen LogP contribution in [0.2, 0.25) is 0 Å². The van der Waals surface area contributed by atoms with Gasteiger partial charge in [-0.2, -0.15) is 0 Å². The van der Waals surface area contributed by atoms with E-state index in [4.69, 9.17) is 28.4 Å². The van der Waals surface area contributed by atoms with Crippen LogP contribution in [-0.4, -0.2) is 143 Å². The van der Waals surface area contributed by atoms with Crippen molar-refractivity contribution in [3.05, 3.63) is 47.6 Å². The molecule has 0 aromatic rings. The lowest BCUT2D eigenvalue weighted by Gasteiger charge is -2.43. The fourth-order valence-corrected chi connectivity index (χ4v) is 13.8. The molecule has 3 aliphatic heterocycles. The number of Topliss-reactive ketones (excluding diaryl/α,β-unsaturated/α-hetero) is 3. The molecule has 15 atom stereocenters. The number of hydrogen-bond acceptors (Lipinski definition) is 14.